The van der Waals surface area contributed by atoms with E-state index in [1.54, 1.807) is 25.3 Å². The fourth-order valence-electron chi connectivity index (χ4n) is 1.13. The van der Waals surface area contributed by atoms with Crippen molar-refractivity contribution in [3.8, 4) is 11.8 Å². The Morgan fingerprint density at radius 1 is 1.40 bits per heavy atom. The van der Waals surface area contributed by atoms with E-state index in [-0.39, 0.29) is 0 Å². The largest absolute Gasteiger partial charge is 0.491 e. The van der Waals surface area contributed by atoms with E-state index in [1.807, 2.05) is 6.07 Å². The lowest BCUT2D eigenvalue weighted by Crippen LogP contribution is -2.03. The van der Waals surface area contributed by atoms with Crippen molar-refractivity contribution < 1.29 is 9.47 Å². The molecule has 0 aliphatic heterocycles. The lowest BCUT2D eigenvalue weighted by molar-refractivity contribution is 0.172. The summed E-state index contributed by atoms with van der Waals surface area (Å²) in [5, 5.41) is 8.64. The number of hydrogen-bond acceptors (Lipinski definition) is 4. The fourth-order valence-corrected chi connectivity index (χ4v) is 1.13. The molecule has 0 unspecified atom stereocenters. The smallest absolute Gasteiger partial charge is 0.142 e. The summed E-state index contributed by atoms with van der Waals surface area (Å²) >= 11 is 0. The van der Waals surface area contributed by atoms with Crippen LogP contribution in [-0.2, 0) is 4.74 Å². The number of rotatable bonds is 5. The Balaban J connectivity index is 2.52. The lowest BCUT2D eigenvalue weighted by Gasteiger charge is -2.08. The standard InChI is InChI=1S/C11H14N2O2/c1-14-5-2-6-15-11-4-3-9(8-12)7-10(11)13/h3-4,7H,2,5-6,13H2,1H3. The molecule has 0 aliphatic rings. The van der Waals surface area contributed by atoms with Gasteiger partial charge in [0.25, 0.3) is 0 Å². The molecule has 1 aromatic carbocycles. The second-order valence-electron chi connectivity index (χ2n) is 3.06. The molecule has 0 aromatic heterocycles. The molecular weight excluding hydrogens is 192 g/mol. The Morgan fingerprint density at radius 2 is 2.20 bits per heavy atom. The molecule has 0 fully saturated rings. The Kier molecular flexibility index (Phi) is 4.45. The zero-order valence-electron chi connectivity index (χ0n) is 8.69. The van der Waals surface area contributed by atoms with Crippen LogP contribution in [0.5, 0.6) is 5.75 Å². The first kappa shape index (κ1) is 11.3. The Hall–Kier alpha value is -1.73. The molecule has 0 amide bonds. The number of benzene rings is 1. The number of ether oxygens (including phenoxy) is 2. The normalized spacial score (nSPS) is 9.60. The van der Waals surface area contributed by atoms with Crippen LogP contribution in [0, 0.1) is 11.3 Å². The summed E-state index contributed by atoms with van der Waals surface area (Å²) in [6, 6.07) is 7.01. The van der Waals surface area contributed by atoms with Crippen molar-refractivity contribution in [2.45, 2.75) is 6.42 Å². The Bertz CT molecular complexity index is 358. The van der Waals surface area contributed by atoms with E-state index in [1.165, 1.54) is 0 Å². The number of nitrogens with two attached hydrogens (primary N) is 1. The highest BCUT2D eigenvalue weighted by Gasteiger charge is 2.01. The van der Waals surface area contributed by atoms with Crippen LogP contribution in [0.4, 0.5) is 5.69 Å². The summed E-state index contributed by atoms with van der Waals surface area (Å²) in [6.45, 7) is 1.22. The summed E-state index contributed by atoms with van der Waals surface area (Å²) in [7, 11) is 1.65. The average Bonchev–Trinajstić information content (AvgIpc) is 2.26. The van der Waals surface area contributed by atoms with Gasteiger partial charge in [0.2, 0.25) is 0 Å². The maximum Gasteiger partial charge on any atom is 0.142 e. The molecule has 0 heterocycles. The third kappa shape index (κ3) is 3.49. The molecular formula is C11H14N2O2. The van der Waals surface area contributed by atoms with Gasteiger partial charge < -0.3 is 15.2 Å². The van der Waals surface area contributed by atoms with Gasteiger partial charge in [-0.1, -0.05) is 0 Å². The molecule has 0 spiro atoms. The van der Waals surface area contributed by atoms with Crippen molar-refractivity contribution in [3.05, 3.63) is 23.8 Å². The second-order valence-corrected chi connectivity index (χ2v) is 3.06. The average molecular weight is 206 g/mol. The number of hydrogen-bond donors (Lipinski definition) is 1. The molecule has 0 aliphatic carbocycles. The third-order valence-corrected chi connectivity index (χ3v) is 1.89. The van der Waals surface area contributed by atoms with Gasteiger partial charge in [-0.3, -0.25) is 0 Å². The van der Waals surface area contributed by atoms with E-state index in [4.69, 9.17) is 20.5 Å². The minimum absolute atomic E-state index is 0.492. The van der Waals surface area contributed by atoms with Crippen LogP contribution in [0.15, 0.2) is 18.2 Å². The molecule has 1 aromatic rings. The molecule has 0 bridgehead atoms. The minimum atomic E-state index is 0.492. The van der Waals surface area contributed by atoms with Crippen molar-refractivity contribution in [2.75, 3.05) is 26.1 Å². The first-order valence-corrected chi connectivity index (χ1v) is 4.69. The van der Waals surface area contributed by atoms with Crippen molar-refractivity contribution in [1.82, 2.24) is 0 Å². The molecule has 0 atom stereocenters. The SMILES string of the molecule is COCCCOc1ccc(C#N)cc1N. The van der Waals surface area contributed by atoms with Crippen molar-refractivity contribution in [1.29, 1.82) is 5.26 Å². The van der Waals surface area contributed by atoms with Gasteiger partial charge in [0, 0.05) is 20.1 Å². The molecule has 1 rings (SSSR count). The van der Waals surface area contributed by atoms with E-state index in [9.17, 15) is 0 Å². The highest BCUT2D eigenvalue weighted by molar-refractivity contribution is 5.56. The van der Waals surface area contributed by atoms with Gasteiger partial charge in [-0.05, 0) is 18.2 Å². The lowest BCUT2D eigenvalue weighted by atomic mass is 10.2. The van der Waals surface area contributed by atoms with Gasteiger partial charge in [-0.15, -0.1) is 0 Å². The molecule has 15 heavy (non-hydrogen) atoms. The molecule has 2 N–H and O–H groups in total. The molecule has 4 heteroatoms. The minimum Gasteiger partial charge on any atom is -0.491 e. The van der Waals surface area contributed by atoms with Crippen LogP contribution in [0.1, 0.15) is 12.0 Å². The summed E-state index contributed by atoms with van der Waals surface area (Å²) < 4.78 is 10.3. The zero-order valence-corrected chi connectivity index (χ0v) is 8.69. The predicted molar refractivity (Wildman–Crippen MR) is 57.6 cm³/mol. The third-order valence-electron chi connectivity index (χ3n) is 1.89. The number of nitrogens with zero attached hydrogens (tertiary/aromatic N) is 1. The van der Waals surface area contributed by atoms with E-state index in [0.717, 1.165) is 6.42 Å². The Labute approximate surface area is 89.2 Å². The summed E-state index contributed by atoms with van der Waals surface area (Å²) in [5.74, 6) is 0.616. The van der Waals surface area contributed by atoms with E-state index >= 15 is 0 Å². The van der Waals surface area contributed by atoms with Gasteiger partial charge in [-0.2, -0.15) is 5.26 Å². The molecule has 0 saturated heterocycles. The fraction of sp³-hybridized carbons (Fsp3) is 0.364. The monoisotopic (exact) mass is 206 g/mol. The molecule has 0 radical (unpaired) electrons. The van der Waals surface area contributed by atoms with Crippen molar-refractivity contribution in [2.24, 2.45) is 0 Å². The van der Waals surface area contributed by atoms with Gasteiger partial charge in [-0.25, -0.2) is 0 Å². The highest BCUT2D eigenvalue weighted by Crippen LogP contribution is 2.22. The van der Waals surface area contributed by atoms with Gasteiger partial charge in [0.05, 0.1) is 23.9 Å². The molecule has 80 valence electrons. The topological polar surface area (TPSA) is 68.3 Å². The number of nitriles is 1. The van der Waals surface area contributed by atoms with Crippen molar-refractivity contribution >= 4 is 5.69 Å². The zero-order chi connectivity index (χ0) is 11.1. The summed E-state index contributed by atoms with van der Waals surface area (Å²) in [6.07, 6.45) is 0.815. The number of anilines is 1. The van der Waals surface area contributed by atoms with Crippen LogP contribution in [0.25, 0.3) is 0 Å². The van der Waals surface area contributed by atoms with Crippen LogP contribution < -0.4 is 10.5 Å². The van der Waals surface area contributed by atoms with Crippen molar-refractivity contribution in [3.63, 3.8) is 0 Å². The summed E-state index contributed by atoms with van der Waals surface area (Å²) in [5.41, 5.74) is 6.74. The van der Waals surface area contributed by atoms with Crippen LogP contribution >= 0.6 is 0 Å². The van der Waals surface area contributed by atoms with Crippen LogP contribution in [0.2, 0.25) is 0 Å². The molecule has 4 nitrogen and oxygen atoms in total. The van der Waals surface area contributed by atoms with Gasteiger partial charge in [0.15, 0.2) is 0 Å². The maximum atomic E-state index is 8.64. The van der Waals surface area contributed by atoms with E-state index in [2.05, 4.69) is 0 Å². The predicted octanol–water partition coefficient (Wildman–Crippen LogP) is 1.56. The first-order chi connectivity index (χ1) is 7.27. The van der Waals surface area contributed by atoms with Gasteiger partial charge in [0.1, 0.15) is 5.75 Å². The summed E-state index contributed by atoms with van der Waals surface area (Å²) in [4.78, 5) is 0. The first-order valence-electron chi connectivity index (χ1n) is 4.69. The second kappa shape index (κ2) is 5.89. The number of nitrogen functional groups attached to an aromatic ring is 1. The Morgan fingerprint density at radius 3 is 2.80 bits per heavy atom. The van der Waals surface area contributed by atoms with Crippen LogP contribution in [0.3, 0.4) is 0 Å². The van der Waals surface area contributed by atoms with Crippen LogP contribution in [-0.4, -0.2) is 20.3 Å². The van der Waals surface area contributed by atoms with Gasteiger partial charge >= 0.3 is 0 Å². The molecule has 0 saturated carbocycles. The quantitative estimate of drug-likeness (QED) is 0.586. The number of methoxy groups -OCH3 is 1. The maximum absolute atomic E-state index is 8.64. The van der Waals surface area contributed by atoms with E-state index in [0.29, 0.717) is 30.2 Å². The van der Waals surface area contributed by atoms with E-state index < -0.39 is 0 Å². The highest BCUT2D eigenvalue weighted by atomic mass is 16.5.